The molecule has 118 valence electrons. The SMILES string of the molecule is O=C(Nc1cc(C(=O)O)ccc1B(O)O)OCc1ccccc1. The average molecular weight is 315 g/mol. The van der Waals surface area contributed by atoms with Crippen LogP contribution in [0.2, 0.25) is 0 Å². The van der Waals surface area contributed by atoms with Crippen molar-refractivity contribution in [2.24, 2.45) is 0 Å². The first kappa shape index (κ1) is 16.5. The van der Waals surface area contributed by atoms with Crippen molar-refractivity contribution in [3.63, 3.8) is 0 Å². The fourth-order valence-electron chi connectivity index (χ4n) is 1.89. The van der Waals surface area contributed by atoms with Gasteiger partial charge >= 0.3 is 19.2 Å². The first-order valence-electron chi connectivity index (χ1n) is 6.68. The van der Waals surface area contributed by atoms with Crippen LogP contribution in [0.5, 0.6) is 0 Å². The van der Waals surface area contributed by atoms with Gasteiger partial charge in [-0.3, -0.25) is 5.32 Å². The normalized spacial score (nSPS) is 10.0. The summed E-state index contributed by atoms with van der Waals surface area (Å²) in [5.74, 6) is -1.20. The van der Waals surface area contributed by atoms with Crippen molar-refractivity contribution in [1.29, 1.82) is 0 Å². The van der Waals surface area contributed by atoms with Crippen molar-refractivity contribution in [3.8, 4) is 0 Å². The smallest absolute Gasteiger partial charge is 0.478 e. The zero-order valence-electron chi connectivity index (χ0n) is 12.0. The Balaban J connectivity index is 2.09. The van der Waals surface area contributed by atoms with Gasteiger partial charge in [-0.25, -0.2) is 9.59 Å². The van der Waals surface area contributed by atoms with Crippen LogP contribution in [-0.2, 0) is 11.3 Å². The molecule has 0 aliphatic carbocycles. The predicted molar refractivity (Wildman–Crippen MR) is 83.5 cm³/mol. The highest BCUT2D eigenvalue weighted by Crippen LogP contribution is 2.11. The van der Waals surface area contributed by atoms with Gasteiger partial charge in [-0.05, 0) is 17.7 Å². The number of carbonyl (C=O) groups excluding carboxylic acids is 1. The Bertz CT molecular complexity index is 704. The van der Waals surface area contributed by atoms with Crippen molar-refractivity contribution in [2.45, 2.75) is 6.61 Å². The van der Waals surface area contributed by atoms with E-state index in [0.29, 0.717) is 0 Å². The predicted octanol–water partition coefficient (Wildman–Crippen LogP) is 0.813. The van der Waals surface area contributed by atoms with Gasteiger partial charge in [0.05, 0.1) is 5.56 Å². The van der Waals surface area contributed by atoms with Crippen LogP contribution in [0.25, 0.3) is 0 Å². The molecule has 0 aromatic heterocycles. The molecule has 0 aliphatic heterocycles. The van der Waals surface area contributed by atoms with E-state index in [1.165, 1.54) is 12.1 Å². The van der Waals surface area contributed by atoms with E-state index < -0.39 is 19.2 Å². The largest absolute Gasteiger partial charge is 0.490 e. The quantitative estimate of drug-likeness (QED) is 0.607. The second-order valence-electron chi connectivity index (χ2n) is 4.67. The van der Waals surface area contributed by atoms with E-state index in [0.717, 1.165) is 11.6 Å². The molecule has 0 spiro atoms. The molecule has 0 saturated heterocycles. The molecule has 4 N–H and O–H groups in total. The Kier molecular flexibility index (Phi) is 5.34. The van der Waals surface area contributed by atoms with Crippen molar-refractivity contribution in [3.05, 3.63) is 59.7 Å². The summed E-state index contributed by atoms with van der Waals surface area (Å²) in [6, 6.07) is 12.5. The number of ether oxygens (including phenoxy) is 1. The number of carboxylic acids is 1. The van der Waals surface area contributed by atoms with Crippen molar-refractivity contribution >= 4 is 30.3 Å². The van der Waals surface area contributed by atoms with Gasteiger partial charge in [-0.1, -0.05) is 36.4 Å². The van der Waals surface area contributed by atoms with Gasteiger partial charge in [0.2, 0.25) is 0 Å². The molecule has 0 saturated carbocycles. The maximum absolute atomic E-state index is 11.8. The molecule has 7 nitrogen and oxygen atoms in total. The van der Waals surface area contributed by atoms with Crippen molar-refractivity contribution in [1.82, 2.24) is 0 Å². The third-order valence-corrected chi connectivity index (χ3v) is 3.03. The second kappa shape index (κ2) is 7.43. The molecule has 2 aromatic rings. The summed E-state index contributed by atoms with van der Waals surface area (Å²) in [5.41, 5.74) is 0.599. The summed E-state index contributed by atoms with van der Waals surface area (Å²) in [6.45, 7) is 0.0301. The number of rotatable bonds is 5. The van der Waals surface area contributed by atoms with Crippen LogP contribution in [0.4, 0.5) is 10.5 Å². The molecule has 0 bridgehead atoms. The van der Waals surface area contributed by atoms with Crippen LogP contribution in [-0.4, -0.2) is 34.3 Å². The van der Waals surface area contributed by atoms with Crippen LogP contribution >= 0.6 is 0 Å². The number of anilines is 1. The number of hydrogen-bond acceptors (Lipinski definition) is 5. The highest BCUT2D eigenvalue weighted by atomic mass is 16.5. The van der Waals surface area contributed by atoms with E-state index in [1.807, 2.05) is 6.07 Å². The summed E-state index contributed by atoms with van der Waals surface area (Å²) in [4.78, 5) is 22.8. The monoisotopic (exact) mass is 315 g/mol. The Morgan fingerprint density at radius 2 is 1.78 bits per heavy atom. The highest BCUT2D eigenvalue weighted by molar-refractivity contribution is 6.60. The molecular formula is C15H14BNO6. The molecule has 2 rings (SSSR count). The van der Waals surface area contributed by atoms with Gasteiger partial charge in [0.1, 0.15) is 6.61 Å². The molecule has 0 fully saturated rings. The summed E-state index contributed by atoms with van der Waals surface area (Å²) in [5, 5.41) is 29.8. The highest BCUT2D eigenvalue weighted by Gasteiger charge is 2.19. The van der Waals surface area contributed by atoms with Crippen LogP contribution in [0.3, 0.4) is 0 Å². The molecule has 2 aromatic carbocycles. The van der Waals surface area contributed by atoms with Crippen molar-refractivity contribution in [2.75, 3.05) is 5.32 Å². The van der Waals surface area contributed by atoms with E-state index in [-0.39, 0.29) is 23.3 Å². The first-order valence-corrected chi connectivity index (χ1v) is 6.68. The molecule has 0 atom stereocenters. The Labute approximate surface area is 132 Å². The molecule has 0 aliphatic rings. The van der Waals surface area contributed by atoms with Gasteiger partial charge in [0.25, 0.3) is 0 Å². The Hall–Kier alpha value is -2.84. The third kappa shape index (κ3) is 4.57. The zero-order valence-corrected chi connectivity index (χ0v) is 12.0. The third-order valence-electron chi connectivity index (χ3n) is 3.03. The van der Waals surface area contributed by atoms with Crippen molar-refractivity contribution < 1.29 is 29.5 Å². The summed E-state index contributed by atoms with van der Waals surface area (Å²) >= 11 is 0. The standard InChI is InChI=1S/C15H14BNO6/c18-14(19)11-6-7-12(16(21)22)13(8-11)17-15(20)23-9-10-4-2-1-3-5-10/h1-8,21-22H,9H2,(H,17,20)(H,18,19). The Morgan fingerprint density at radius 3 is 2.39 bits per heavy atom. The van der Waals surface area contributed by atoms with Gasteiger partial charge in [-0.2, -0.15) is 0 Å². The summed E-state index contributed by atoms with van der Waals surface area (Å²) in [7, 11) is -1.86. The molecule has 23 heavy (non-hydrogen) atoms. The maximum atomic E-state index is 11.8. The number of aromatic carboxylic acids is 1. The molecule has 8 heteroatoms. The van der Waals surface area contributed by atoms with Gasteiger partial charge < -0.3 is 19.9 Å². The first-order chi connectivity index (χ1) is 11.0. The Morgan fingerprint density at radius 1 is 1.09 bits per heavy atom. The summed E-state index contributed by atoms with van der Waals surface area (Å²) in [6.07, 6.45) is -0.835. The average Bonchev–Trinajstić information content (AvgIpc) is 2.53. The maximum Gasteiger partial charge on any atom is 0.490 e. The van der Waals surface area contributed by atoms with E-state index in [1.54, 1.807) is 24.3 Å². The number of benzene rings is 2. The van der Waals surface area contributed by atoms with Gasteiger partial charge in [0, 0.05) is 11.2 Å². The van der Waals surface area contributed by atoms with E-state index in [4.69, 9.17) is 9.84 Å². The fourth-order valence-corrected chi connectivity index (χ4v) is 1.89. The lowest BCUT2D eigenvalue weighted by atomic mass is 9.78. The zero-order chi connectivity index (χ0) is 16.8. The molecular weight excluding hydrogens is 301 g/mol. The fraction of sp³-hybridized carbons (Fsp3) is 0.0667. The number of hydrogen-bond donors (Lipinski definition) is 4. The van der Waals surface area contributed by atoms with Crippen LogP contribution < -0.4 is 10.8 Å². The summed E-state index contributed by atoms with van der Waals surface area (Å²) < 4.78 is 5.01. The number of carbonyl (C=O) groups is 2. The minimum absolute atomic E-state index is 0.0301. The van der Waals surface area contributed by atoms with Crippen LogP contribution in [0, 0.1) is 0 Å². The number of carboxylic acid groups (broad SMARTS) is 1. The van der Waals surface area contributed by atoms with E-state index in [2.05, 4.69) is 5.32 Å². The van der Waals surface area contributed by atoms with E-state index in [9.17, 15) is 19.6 Å². The minimum atomic E-state index is -1.86. The molecule has 1 amide bonds. The number of nitrogens with one attached hydrogen (secondary N) is 1. The van der Waals surface area contributed by atoms with Crippen LogP contribution in [0.15, 0.2) is 48.5 Å². The molecule has 0 unspecified atom stereocenters. The van der Waals surface area contributed by atoms with E-state index >= 15 is 0 Å². The van der Waals surface area contributed by atoms with Gasteiger partial charge in [0.15, 0.2) is 0 Å². The lowest BCUT2D eigenvalue weighted by Gasteiger charge is -2.12. The van der Waals surface area contributed by atoms with Crippen LogP contribution in [0.1, 0.15) is 15.9 Å². The molecule has 0 heterocycles. The minimum Gasteiger partial charge on any atom is -0.478 e. The number of amides is 1. The topological polar surface area (TPSA) is 116 Å². The van der Waals surface area contributed by atoms with Gasteiger partial charge in [-0.15, -0.1) is 0 Å². The lowest BCUT2D eigenvalue weighted by Crippen LogP contribution is -2.34. The lowest BCUT2D eigenvalue weighted by molar-refractivity contribution is 0.0696. The molecule has 0 radical (unpaired) electrons. The second-order valence-corrected chi connectivity index (χ2v) is 4.67.